The second kappa shape index (κ2) is 14.7. The first-order valence-corrected chi connectivity index (χ1v) is 15.9. The molecule has 9 nitrogen and oxygen atoms in total. The summed E-state index contributed by atoms with van der Waals surface area (Å²) in [4.78, 5) is 15.8. The molecule has 0 saturated heterocycles. The van der Waals surface area contributed by atoms with Gasteiger partial charge in [-0.1, -0.05) is 30.7 Å². The van der Waals surface area contributed by atoms with Gasteiger partial charge in [0.2, 0.25) is 15.9 Å². The van der Waals surface area contributed by atoms with Gasteiger partial charge in [-0.3, -0.25) is 4.79 Å². The molecule has 1 amide bonds. The Morgan fingerprint density at radius 3 is 2.58 bits per heavy atom. The zero-order valence-electron chi connectivity index (χ0n) is 24.5. The Labute approximate surface area is 258 Å². The van der Waals surface area contributed by atoms with Crippen molar-refractivity contribution < 1.29 is 32.5 Å². The van der Waals surface area contributed by atoms with Crippen molar-refractivity contribution >= 4 is 33.6 Å². The number of aromatic hydroxyl groups is 1. The summed E-state index contributed by atoms with van der Waals surface area (Å²) in [5.74, 6) is 0.653. The van der Waals surface area contributed by atoms with Crippen LogP contribution in [0, 0.1) is 0 Å². The van der Waals surface area contributed by atoms with E-state index in [9.17, 15) is 18.3 Å². The van der Waals surface area contributed by atoms with Gasteiger partial charge in [-0.05, 0) is 84.5 Å². The van der Waals surface area contributed by atoms with Crippen molar-refractivity contribution in [3.63, 3.8) is 0 Å². The van der Waals surface area contributed by atoms with Crippen LogP contribution in [-0.2, 0) is 38.9 Å². The second-order valence-electron chi connectivity index (χ2n) is 10.2. The molecular formula is C32H37ClN2O7S. The maximum absolute atomic E-state index is 13.8. The lowest BCUT2D eigenvalue weighted by molar-refractivity contribution is -0.128. The number of hydrogen-bond acceptors (Lipinski definition) is 7. The molecule has 1 atom stereocenters. The van der Waals surface area contributed by atoms with E-state index in [0.717, 1.165) is 16.7 Å². The lowest BCUT2D eigenvalue weighted by Gasteiger charge is -2.29. The number of carbonyl (C=O) groups is 1. The minimum Gasteiger partial charge on any atom is -0.504 e. The maximum atomic E-state index is 13.8. The third-order valence-electron chi connectivity index (χ3n) is 7.20. The molecule has 0 aliphatic heterocycles. The average Bonchev–Trinajstić information content (AvgIpc) is 3.42. The van der Waals surface area contributed by atoms with Gasteiger partial charge in [-0.25, -0.2) is 13.1 Å². The Hall–Kier alpha value is -3.57. The van der Waals surface area contributed by atoms with E-state index in [2.05, 4.69) is 4.72 Å². The minimum atomic E-state index is -3.63. The lowest BCUT2D eigenvalue weighted by Crippen LogP contribution is -2.39. The highest BCUT2D eigenvalue weighted by Gasteiger charge is 2.31. The third-order valence-corrected chi connectivity index (χ3v) is 8.89. The average molecular weight is 629 g/mol. The van der Waals surface area contributed by atoms with E-state index in [4.69, 9.17) is 25.8 Å². The van der Waals surface area contributed by atoms with Crippen LogP contribution in [0.3, 0.4) is 0 Å². The molecule has 0 aromatic heterocycles. The van der Waals surface area contributed by atoms with Gasteiger partial charge in [0.05, 0.1) is 18.6 Å². The van der Waals surface area contributed by atoms with Gasteiger partial charge in [-0.2, -0.15) is 0 Å². The molecule has 0 saturated carbocycles. The number of halogens is 1. The van der Waals surface area contributed by atoms with Crippen molar-refractivity contribution in [1.82, 2.24) is 9.62 Å². The van der Waals surface area contributed by atoms with Crippen LogP contribution in [0.25, 0.3) is 6.08 Å². The van der Waals surface area contributed by atoms with Crippen LogP contribution in [-0.4, -0.2) is 64.4 Å². The quantitative estimate of drug-likeness (QED) is 0.191. The fraction of sp³-hybridized carbons (Fsp3) is 0.344. The van der Waals surface area contributed by atoms with Crippen LogP contribution < -0.4 is 14.2 Å². The van der Waals surface area contributed by atoms with Crippen LogP contribution in [0.1, 0.15) is 35.6 Å². The molecule has 230 valence electrons. The zero-order chi connectivity index (χ0) is 31.0. The van der Waals surface area contributed by atoms with Crippen molar-refractivity contribution in [2.75, 3.05) is 34.0 Å². The molecule has 0 fully saturated rings. The summed E-state index contributed by atoms with van der Waals surface area (Å²) in [7, 11) is -0.574. The molecule has 0 radical (unpaired) electrons. The standard InChI is InChI=1S/C32H37ClN2O7S/c1-4-13-34-43(38,39)28-9-7-23-18-27(19-24(23)20-28)35(21-25-17-26(33)8-11-30(25)42-15-14-40-2)32(37)12-6-22-5-10-29(36)31(16-22)41-3/h5-12,16-17,20,27,34,36H,4,13-15,18-19,21H2,1-3H3/b12-6+. The summed E-state index contributed by atoms with van der Waals surface area (Å²) < 4.78 is 44.4. The number of fused-ring (bicyclic) bond motifs is 1. The number of ether oxygens (including phenoxy) is 3. The van der Waals surface area contributed by atoms with Gasteiger partial charge in [0, 0.05) is 42.9 Å². The van der Waals surface area contributed by atoms with E-state index in [1.807, 2.05) is 13.0 Å². The smallest absolute Gasteiger partial charge is 0.247 e. The number of nitrogens with zero attached hydrogens (tertiary/aromatic N) is 1. The minimum absolute atomic E-state index is 0.00422. The maximum Gasteiger partial charge on any atom is 0.247 e. The monoisotopic (exact) mass is 628 g/mol. The molecule has 11 heteroatoms. The highest BCUT2D eigenvalue weighted by Crippen LogP contribution is 2.32. The van der Waals surface area contributed by atoms with Crippen LogP contribution in [0.15, 0.2) is 65.6 Å². The van der Waals surface area contributed by atoms with E-state index in [1.54, 1.807) is 60.6 Å². The number of sulfonamides is 1. The second-order valence-corrected chi connectivity index (χ2v) is 12.4. The van der Waals surface area contributed by atoms with Crippen molar-refractivity contribution in [2.24, 2.45) is 0 Å². The number of nitrogens with one attached hydrogen (secondary N) is 1. The van der Waals surface area contributed by atoms with E-state index in [0.29, 0.717) is 61.1 Å². The molecule has 3 aromatic carbocycles. The SMILES string of the molecule is CCCNS(=O)(=O)c1ccc2c(c1)CC(N(Cc1cc(Cl)ccc1OCCOC)C(=O)/C=C/c1ccc(O)c(OC)c1)C2. The number of phenolic OH excluding ortho intramolecular Hbond substituents is 1. The Balaban J connectivity index is 1.64. The zero-order valence-corrected chi connectivity index (χ0v) is 26.1. The van der Waals surface area contributed by atoms with Crippen molar-refractivity contribution in [2.45, 2.75) is 43.7 Å². The molecule has 1 aliphatic carbocycles. The molecule has 0 heterocycles. The van der Waals surface area contributed by atoms with E-state index >= 15 is 0 Å². The molecule has 1 unspecified atom stereocenters. The van der Waals surface area contributed by atoms with E-state index < -0.39 is 10.0 Å². The van der Waals surface area contributed by atoms with Crippen molar-refractivity contribution in [3.05, 3.63) is 87.9 Å². The molecular weight excluding hydrogens is 592 g/mol. The lowest BCUT2D eigenvalue weighted by atomic mass is 10.1. The third kappa shape index (κ3) is 8.29. The highest BCUT2D eigenvalue weighted by atomic mass is 35.5. The van der Waals surface area contributed by atoms with Crippen molar-refractivity contribution in [1.29, 1.82) is 0 Å². The first kappa shape index (κ1) is 32.3. The topological polar surface area (TPSA) is 114 Å². The number of methoxy groups -OCH3 is 2. The number of benzene rings is 3. The Kier molecular flexibility index (Phi) is 11.1. The van der Waals surface area contributed by atoms with Gasteiger partial charge in [-0.15, -0.1) is 0 Å². The predicted octanol–water partition coefficient (Wildman–Crippen LogP) is 4.98. The highest BCUT2D eigenvalue weighted by molar-refractivity contribution is 7.89. The summed E-state index contributed by atoms with van der Waals surface area (Å²) in [6.45, 7) is 3.21. The van der Waals surface area contributed by atoms with Gasteiger partial charge in [0.1, 0.15) is 12.4 Å². The van der Waals surface area contributed by atoms with Crippen LogP contribution in [0.2, 0.25) is 5.02 Å². The first-order chi connectivity index (χ1) is 20.6. The number of rotatable bonds is 14. The summed E-state index contributed by atoms with van der Waals surface area (Å²) in [5.41, 5.74) is 3.29. The van der Waals surface area contributed by atoms with Crippen LogP contribution >= 0.6 is 11.6 Å². The predicted molar refractivity (Wildman–Crippen MR) is 166 cm³/mol. The molecule has 0 bridgehead atoms. The van der Waals surface area contributed by atoms with Gasteiger partial charge < -0.3 is 24.2 Å². The number of amides is 1. The molecule has 1 aliphatic rings. The first-order valence-electron chi connectivity index (χ1n) is 14.0. The Morgan fingerprint density at radius 1 is 1.05 bits per heavy atom. The largest absolute Gasteiger partial charge is 0.504 e. The summed E-state index contributed by atoms with van der Waals surface area (Å²) in [6.07, 6.45) is 4.88. The fourth-order valence-corrected chi connectivity index (χ4v) is 6.34. The van der Waals surface area contributed by atoms with Crippen LogP contribution in [0.5, 0.6) is 17.2 Å². The van der Waals surface area contributed by atoms with E-state index in [-0.39, 0.29) is 29.1 Å². The van der Waals surface area contributed by atoms with Gasteiger partial charge >= 0.3 is 0 Å². The Bertz CT molecular complexity index is 1580. The molecule has 43 heavy (non-hydrogen) atoms. The summed E-state index contributed by atoms with van der Waals surface area (Å²) in [6, 6.07) is 15.0. The molecule has 3 aromatic rings. The molecule has 2 N–H and O–H groups in total. The molecule has 4 rings (SSSR count). The number of phenols is 1. The Morgan fingerprint density at radius 2 is 1.84 bits per heavy atom. The van der Waals surface area contributed by atoms with E-state index in [1.165, 1.54) is 19.3 Å². The van der Waals surface area contributed by atoms with Gasteiger partial charge in [0.25, 0.3) is 0 Å². The number of hydrogen-bond donors (Lipinski definition) is 2. The fourth-order valence-electron chi connectivity index (χ4n) is 4.96. The number of carbonyl (C=O) groups excluding carboxylic acids is 1. The molecule has 0 spiro atoms. The normalized spacial score (nSPS) is 14.6. The van der Waals surface area contributed by atoms with Gasteiger partial charge in [0.15, 0.2) is 11.5 Å². The van der Waals surface area contributed by atoms with Crippen molar-refractivity contribution in [3.8, 4) is 17.2 Å². The van der Waals surface area contributed by atoms with Crippen LogP contribution in [0.4, 0.5) is 0 Å². The summed E-state index contributed by atoms with van der Waals surface area (Å²) >= 11 is 6.36. The summed E-state index contributed by atoms with van der Waals surface area (Å²) in [5, 5.41) is 10.4.